The van der Waals surface area contributed by atoms with Crippen LogP contribution < -0.4 is 5.73 Å². The molecule has 6 nitrogen and oxygen atoms in total. The fourth-order valence-corrected chi connectivity index (χ4v) is 3.76. The number of aromatic nitrogens is 2. The van der Waals surface area contributed by atoms with Crippen LogP contribution >= 0.6 is 0 Å². The first kappa shape index (κ1) is 17.3. The fraction of sp³-hybridized carbons (Fsp3) is 0.526. The third-order valence-electron chi connectivity index (χ3n) is 4.82. The summed E-state index contributed by atoms with van der Waals surface area (Å²) in [4.78, 5) is 12.9. The van der Waals surface area contributed by atoms with E-state index >= 15 is 0 Å². The number of hydrogen-bond acceptors (Lipinski definition) is 5. The SMILES string of the molecule is CCCn1cc(C2C(C#N)=C(N)OC3=C2C(=O)CC(C)(C)C3)c(C)n1. The number of Topliss-reactive ketones (excluding diaryl/α,β-unsaturated/α-hetero) is 1. The fourth-order valence-electron chi connectivity index (χ4n) is 3.76. The van der Waals surface area contributed by atoms with Gasteiger partial charge in [-0.1, -0.05) is 20.8 Å². The Bertz CT molecular complexity index is 836. The van der Waals surface area contributed by atoms with Crippen LogP contribution in [-0.2, 0) is 16.1 Å². The lowest BCUT2D eigenvalue weighted by Gasteiger charge is -2.37. The first-order valence-corrected chi connectivity index (χ1v) is 8.65. The summed E-state index contributed by atoms with van der Waals surface area (Å²) < 4.78 is 7.58. The normalized spacial score (nSPS) is 22.5. The Kier molecular flexibility index (Phi) is 4.19. The highest BCUT2D eigenvalue weighted by atomic mass is 16.5. The van der Waals surface area contributed by atoms with Crippen molar-refractivity contribution in [2.75, 3.05) is 0 Å². The molecule has 3 rings (SSSR count). The molecule has 2 heterocycles. The molecule has 1 unspecified atom stereocenters. The lowest BCUT2D eigenvalue weighted by atomic mass is 9.70. The van der Waals surface area contributed by atoms with Crippen LogP contribution in [0.4, 0.5) is 0 Å². The third kappa shape index (κ3) is 2.95. The summed E-state index contributed by atoms with van der Waals surface area (Å²) in [5.41, 5.74) is 8.40. The summed E-state index contributed by atoms with van der Waals surface area (Å²) in [6.45, 7) is 8.85. The van der Waals surface area contributed by atoms with Crippen molar-refractivity contribution in [2.24, 2.45) is 11.1 Å². The molecule has 1 aromatic heterocycles. The van der Waals surface area contributed by atoms with E-state index in [2.05, 4.69) is 18.1 Å². The van der Waals surface area contributed by atoms with E-state index in [9.17, 15) is 10.1 Å². The zero-order chi connectivity index (χ0) is 18.4. The second-order valence-corrected chi connectivity index (χ2v) is 7.64. The molecule has 0 saturated carbocycles. The molecular formula is C19H24N4O2. The van der Waals surface area contributed by atoms with Crippen molar-refractivity contribution in [2.45, 2.75) is 59.4 Å². The number of aryl methyl sites for hydroxylation is 2. The Morgan fingerprint density at radius 1 is 1.48 bits per heavy atom. The van der Waals surface area contributed by atoms with Crippen molar-refractivity contribution in [3.8, 4) is 6.07 Å². The summed E-state index contributed by atoms with van der Waals surface area (Å²) in [6, 6.07) is 2.15. The van der Waals surface area contributed by atoms with E-state index in [4.69, 9.17) is 10.5 Å². The molecule has 0 amide bonds. The Morgan fingerprint density at radius 3 is 2.84 bits per heavy atom. The molecule has 25 heavy (non-hydrogen) atoms. The number of nitrogens with two attached hydrogens (primary N) is 1. The van der Waals surface area contributed by atoms with E-state index in [0.29, 0.717) is 29.7 Å². The predicted octanol–water partition coefficient (Wildman–Crippen LogP) is 3.05. The minimum absolute atomic E-state index is 0.0270. The summed E-state index contributed by atoms with van der Waals surface area (Å²) in [5.74, 6) is 0.242. The van der Waals surface area contributed by atoms with Crippen LogP contribution in [0.3, 0.4) is 0 Å². The molecule has 132 valence electrons. The van der Waals surface area contributed by atoms with Crippen LogP contribution in [0, 0.1) is 23.7 Å². The van der Waals surface area contributed by atoms with Gasteiger partial charge in [-0.05, 0) is 18.8 Å². The standard InChI is InChI=1S/C19H24N4O2/c1-5-6-23-10-13(11(2)22-23)16-12(9-20)18(21)25-15-8-19(3,4)7-14(24)17(15)16/h10,16H,5-8,21H2,1-4H3. The number of ether oxygens (including phenoxy) is 1. The monoisotopic (exact) mass is 340 g/mol. The summed E-state index contributed by atoms with van der Waals surface area (Å²) in [7, 11) is 0. The smallest absolute Gasteiger partial charge is 0.205 e. The molecular weight excluding hydrogens is 316 g/mol. The first-order valence-electron chi connectivity index (χ1n) is 8.65. The van der Waals surface area contributed by atoms with Crippen LogP contribution in [0.1, 0.15) is 57.2 Å². The van der Waals surface area contributed by atoms with Gasteiger partial charge in [0, 0.05) is 36.7 Å². The number of rotatable bonds is 3. The number of carbonyl (C=O) groups excluding carboxylic acids is 1. The maximum Gasteiger partial charge on any atom is 0.205 e. The largest absolute Gasteiger partial charge is 0.444 e. The average molecular weight is 340 g/mol. The molecule has 6 heteroatoms. The lowest BCUT2D eigenvalue weighted by Crippen LogP contribution is -2.33. The van der Waals surface area contributed by atoms with Crippen molar-refractivity contribution >= 4 is 5.78 Å². The van der Waals surface area contributed by atoms with Gasteiger partial charge in [0.25, 0.3) is 0 Å². The number of hydrogen-bond donors (Lipinski definition) is 1. The van der Waals surface area contributed by atoms with Crippen molar-refractivity contribution in [3.63, 3.8) is 0 Å². The summed E-state index contributed by atoms with van der Waals surface area (Å²) in [5, 5.41) is 14.2. The Labute approximate surface area is 147 Å². The molecule has 0 radical (unpaired) electrons. The van der Waals surface area contributed by atoms with Gasteiger partial charge in [-0.2, -0.15) is 10.4 Å². The van der Waals surface area contributed by atoms with Crippen LogP contribution in [0.5, 0.6) is 0 Å². The zero-order valence-corrected chi connectivity index (χ0v) is 15.2. The highest BCUT2D eigenvalue weighted by Gasteiger charge is 2.43. The quantitative estimate of drug-likeness (QED) is 0.912. The second kappa shape index (κ2) is 6.07. The molecule has 2 N–H and O–H groups in total. The second-order valence-electron chi connectivity index (χ2n) is 7.64. The molecule has 0 bridgehead atoms. The molecule has 0 aromatic carbocycles. The Balaban J connectivity index is 2.16. The minimum atomic E-state index is -0.483. The highest BCUT2D eigenvalue weighted by Crippen LogP contribution is 2.48. The Morgan fingerprint density at radius 2 is 2.20 bits per heavy atom. The van der Waals surface area contributed by atoms with Gasteiger partial charge >= 0.3 is 0 Å². The van der Waals surface area contributed by atoms with Gasteiger partial charge in [-0.3, -0.25) is 9.48 Å². The number of nitrogens with zero attached hydrogens (tertiary/aromatic N) is 3. The van der Waals surface area contributed by atoms with Gasteiger partial charge < -0.3 is 10.5 Å². The molecule has 0 spiro atoms. The summed E-state index contributed by atoms with van der Waals surface area (Å²) in [6.07, 6.45) is 3.95. The van der Waals surface area contributed by atoms with Crippen LogP contribution in [0.25, 0.3) is 0 Å². The molecule has 0 fully saturated rings. The Hall–Kier alpha value is -2.55. The van der Waals surface area contributed by atoms with Gasteiger partial charge in [0.15, 0.2) is 5.78 Å². The predicted molar refractivity (Wildman–Crippen MR) is 93.0 cm³/mol. The van der Waals surface area contributed by atoms with Crippen LogP contribution in [0.2, 0.25) is 0 Å². The molecule has 1 atom stereocenters. The van der Waals surface area contributed by atoms with E-state index in [1.807, 2.05) is 31.6 Å². The van der Waals surface area contributed by atoms with Gasteiger partial charge in [0.1, 0.15) is 17.4 Å². The van der Waals surface area contributed by atoms with Crippen molar-refractivity contribution in [1.29, 1.82) is 5.26 Å². The molecule has 1 aliphatic carbocycles. The van der Waals surface area contributed by atoms with Gasteiger partial charge in [-0.25, -0.2) is 0 Å². The minimum Gasteiger partial charge on any atom is -0.444 e. The first-order chi connectivity index (χ1) is 11.8. The topological polar surface area (TPSA) is 93.9 Å². The molecule has 1 aromatic rings. The number of carbonyl (C=O) groups is 1. The maximum atomic E-state index is 12.9. The van der Waals surface area contributed by atoms with Crippen LogP contribution in [0.15, 0.2) is 29.0 Å². The van der Waals surface area contributed by atoms with E-state index in [-0.39, 0.29) is 17.1 Å². The lowest BCUT2D eigenvalue weighted by molar-refractivity contribution is -0.119. The van der Waals surface area contributed by atoms with Crippen LogP contribution in [-0.4, -0.2) is 15.6 Å². The summed E-state index contributed by atoms with van der Waals surface area (Å²) >= 11 is 0. The number of nitriles is 1. The van der Waals surface area contributed by atoms with E-state index in [1.165, 1.54) is 0 Å². The molecule has 0 saturated heterocycles. The number of ketones is 1. The van der Waals surface area contributed by atoms with Gasteiger partial charge in [-0.15, -0.1) is 0 Å². The third-order valence-corrected chi connectivity index (χ3v) is 4.82. The van der Waals surface area contributed by atoms with Gasteiger partial charge in [0.2, 0.25) is 5.88 Å². The van der Waals surface area contributed by atoms with E-state index < -0.39 is 5.92 Å². The number of allylic oxidation sites excluding steroid dienone is 3. The van der Waals surface area contributed by atoms with Crippen molar-refractivity contribution in [1.82, 2.24) is 9.78 Å². The zero-order valence-electron chi connectivity index (χ0n) is 15.2. The van der Waals surface area contributed by atoms with E-state index in [1.54, 1.807) is 0 Å². The van der Waals surface area contributed by atoms with Crippen molar-refractivity contribution in [3.05, 3.63) is 40.2 Å². The highest BCUT2D eigenvalue weighted by molar-refractivity contribution is 6.00. The average Bonchev–Trinajstić information content (AvgIpc) is 2.85. The molecule has 2 aliphatic rings. The van der Waals surface area contributed by atoms with Crippen molar-refractivity contribution < 1.29 is 9.53 Å². The maximum absolute atomic E-state index is 12.9. The van der Waals surface area contributed by atoms with E-state index in [0.717, 1.165) is 24.2 Å². The van der Waals surface area contributed by atoms with Gasteiger partial charge in [0.05, 0.1) is 11.6 Å². The molecule has 1 aliphatic heterocycles.